The molecule has 0 fully saturated rings. The molecule has 6 nitrogen and oxygen atoms in total. The number of nitrogens with one attached hydrogen (secondary N) is 1. The van der Waals surface area contributed by atoms with Crippen molar-refractivity contribution < 1.29 is 14.1 Å². The Morgan fingerprint density at radius 2 is 2.12 bits per heavy atom. The summed E-state index contributed by atoms with van der Waals surface area (Å²) in [5, 5.41) is 6.08. The Hall–Kier alpha value is -2.28. The number of benzene rings is 1. The van der Waals surface area contributed by atoms with Gasteiger partial charge in [-0.05, 0) is 31.4 Å². The Balaban J connectivity index is 1.48. The van der Waals surface area contributed by atoms with Gasteiger partial charge in [0.2, 0.25) is 11.8 Å². The number of carbonyl (C=O) groups excluding carboxylic acids is 2. The molecule has 0 radical (unpaired) electrons. The highest BCUT2D eigenvalue weighted by Crippen LogP contribution is 2.20. The number of nitrogens with zero attached hydrogens (tertiary/aromatic N) is 2. The second-order valence-corrected chi connectivity index (χ2v) is 7.43. The highest BCUT2D eigenvalue weighted by atomic mass is 32.2. The van der Waals surface area contributed by atoms with Crippen LogP contribution in [0.1, 0.15) is 23.8 Å². The largest absolute Gasteiger partial charge is 0.360 e. The number of amides is 2. The molecule has 0 bridgehead atoms. The van der Waals surface area contributed by atoms with Crippen molar-refractivity contribution in [1.82, 2.24) is 10.1 Å². The van der Waals surface area contributed by atoms with E-state index < -0.39 is 0 Å². The van der Waals surface area contributed by atoms with Crippen molar-refractivity contribution in [2.45, 2.75) is 32.1 Å². The molecule has 1 N–H and O–H groups in total. The van der Waals surface area contributed by atoms with Crippen LogP contribution in [-0.4, -0.2) is 39.4 Å². The first-order valence-electron chi connectivity index (χ1n) is 8.23. The summed E-state index contributed by atoms with van der Waals surface area (Å²) in [6, 6.07) is 9.87. The third-order valence-corrected chi connectivity index (χ3v) is 5.32. The highest BCUT2D eigenvalue weighted by molar-refractivity contribution is 8.01. The third kappa shape index (κ3) is 4.42. The zero-order valence-electron chi connectivity index (χ0n) is 14.3. The number of rotatable bonds is 5. The highest BCUT2D eigenvalue weighted by Gasteiger charge is 2.22. The van der Waals surface area contributed by atoms with Crippen molar-refractivity contribution in [2.75, 3.05) is 17.6 Å². The predicted molar refractivity (Wildman–Crippen MR) is 97.4 cm³/mol. The van der Waals surface area contributed by atoms with Gasteiger partial charge < -0.3 is 14.7 Å². The molecule has 132 valence electrons. The van der Waals surface area contributed by atoms with E-state index >= 15 is 0 Å². The van der Waals surface area contributed by atoms with Gasteiger partial charge in [-0.3, -0.25) is 9.59 Å². The first-order valence-corrected chi connectivity index (χ1v) is 9.28. The van der Waals surface area contributed by atoms with Crippen molar-refractivity contribution >= 4 is 29.4 Å². The summed E-state index contributed by atoms with van der Waals surface area (Å²) in [6.07, 6.45) is 0.883. The number of thioether (sulfide) groups is 1. The summed E-state index contributed by atoms with van der Waals surface area (Å²) in [5.41, 5.74) is 2.52. The maximum Gasteiger partial charge on any atom is 0.238 e. The quantitative estimate of drug-likeness (QED) is 0.888. The van der Waals surface area contributed by atoms with Crippen LogP contribution in [0.5, 0.6) is 0 Å². The van der Waals surface area contributed by atoms with Crippen LogP contribution in [0.2, 0.25) is 0 Å². The fraction of sp³-hybridized carbons (Fsp3) is 0.389. The van der Waals surface area contributed by atoms with E-state index in [2.05, 4.69) is 22.6 Å². The summed E-state index contributed by atoms with van der Waals surface area (Å²) in [5.74, 6) is 1.20. The van der Waals surface area contributed by atoms with E-state index in [9.17, 15) is 9.59 Å². The number of aryl methyl sites for hydroxylation is 1. The van der Waals surface area contributed by atoms with Gasteiger partial charge in [0.25, 0.3) is 0 Å². The normalized spacial score (nSPS) is 14.7. The van der Waals surface area contributed by atoms with Crippen molar-refractivity contribution in [3.05, 3.63) is 47.2 Å². The van der Waals surface area contributed by atoms with Crippen LogP contribution in [0.15, 0.2) is 34.9 Å². The third-order valence-electron chi connectivity index (χ3n) is 4.19. The van der Waals surface area contributed by atoms with E-state index in [1.165, 1.54) is 22.9 Å². The van der Waals surface area contributed by atoms with Crippen molar-refractivity contribution in [2.24, 2.45) is 0 Å². The van der Waals surface area contributed by atoms with Crippen LogP contribution < -0.4 is 5.32 Å². The van der Waals surface area contributed by atoms with Crippen LogP contribution in [0.25, 0.3) is 0 Å². The first-order chi connectivity index (χ1) is 12.0. The SMILES string of the molecule is Cc1cc(NC(=O)[C@H](C)SCC(=O)N2CCc3ccccc3C2)no1. The Morgan fingerprint density at radius 3 is 2.84 bits per heavy atom. The molecule has 2 heterocycles. The minimum absolute atomic E-state index is 0.0661. The molecule has 0 saturated carbocycles. The van der Waals surface area contributed by atoms with E-state index in [4.69, 9.17) is 4.52 Å². The number of carbonyl (C=O) groups is 2. The van der Waals surface area contributed by atoms with Gasteiger partial charge in [0, 0.05) is 19.2 Å². The fourth-order valence-electron chi connectivity index (χ4n) is 2.73. The van der Waals surface area contributed by atoms with E-state index in [-0.39, 0.29) is 22.8 Å². The molecule has 1 aliphatic heterocycles. The van der Waals surface area contributed by atoms with E-state index in [0.29, 0.717) is 18.1 Å². The maximum absolute atomic E-state index is 12.4. The van der Waals surface area contributed by atoms with Crippen LogP contribution >= 0.6 is 11.8 Å². The van der Waals surface area contributed by atoms with Crippen molar-refractivity contribution in [3.8, 4) is 0 Å². The molecule has 0 spiro atoms. The zero-order chi connectivity index (χ0) is 17.8. The Kier molecular flexibility index (Phi) is 5.43. The van der Waals surface area contributed by atoms with E-state index in [1.54, 1.807) is 19.9 Å². The first kappa shape index (κ1) is 17.5. The lowest BCUT2D eigenvalue weighted by Gasteiger charge is -2.29. The molecule has 2 amide bonds. The zero-order valence-corrected chi connectivity index (χ0v) is 15.1. The lowest BCUT2D eigenvalue weighted by Crippen LogP contribution is -2.37. The van der Waals surface area contributed by atoms with Gasteiger partial charge >= 0.3 is 0 Å². The average molecular weight is 359 g/mol. The number of anilines is 1. The minimum Gasteiger partial charge on any atom is -0.360 e. The molecule has 3 rings (SSSR count). The van der Waals surface area contributed by atoms with Crippen LogP contribution in [0.4, 0.5) is 5.82 Å². The van der Waals surface area contributed by atoms with Crippen molar-refractivity contribution in [3.63, 3.8) is 0 Å². The summed E-state index contributed by atoms with van der Waals surface area (Å²) in [4.78, 5) is 26.4. The summed E-state index contributed by atoms with van der Waals surface area (Å²) in [7, 11) is 0. The minimum atomic E-state index is -0.349. The molecule has 0 unspecified atom stereocenters. The lowest BCUT2D eigenvalue weighted by molar-refractivity contribution is -0.129. The molecule has 1 atom stereocenters. The predicted octanol–water partition coefficient (Wildman–Crippen LogP) is 2.63. The monoisotopic (exact) mass is 359 g/mol. The second-order valence-electron chi connectivity index (χ2n) is 6.10. The van der Waals surface area contributed by atoms with E-state index in [0.717, 1.165) is 13.0 Å². The fourth-order valence-corrected chi connectivity index (χ4v) is 3.51. The van der Waals surface area contributed by atoms with Gasteiger partial charge in [0.15, 0.2) is 5.82 Å². The van der Waals surface area contributed by atoms with Gasteiger partial charge in [0.1, 0.15) is 5.76 Å². The Bertz CT molecular complexity index is 774. The summed E-state index contributed by atoms with van der Waals surface area (Å²) >= 11 is 1.33. The molecule has 1 aromatic carbocycles. The molecule has 1 aliphatic rings. The Morgan fingerprint density at radius 1 is 1.36 bits per heavy atom. The van der Waals surface area contributed by atoms with E-state index in [1.807, 2.05) is 17.0 Å². The summed E-state index contributed by atoms with van der Waals surface area (Å²) < 4.78 is 4.92. The van der Waals surface area contributed by atoms with Gasteiger partial charge in [-0.2, -0.15) is 0 Å². The molecule has 0 saturated heterocycles. The molecule has 0 aliphatic carbocycles. The maximum atomic E-state index is 12.4. The second kappa shape index (κ2) is 7.74. The molecule has 1 aromatic heterocycles. The number of aromatic nitrogens is 1. The molecule has 2 aromatic rings. The molecular formula is C18H21N3O3S. The number of hydrogen-bond donors (Lipinski definition) is 1. The molecule has 25 heavy (non-hydrogen) atoms. The smallest absolute Gasteiger partial charge is 0.238 e. The van der Waals surface area contributed by atoms with Crippen LogP contribution in [-0.2, 0) is 22.6 Å². The Labute approximate surface area is 150 Å². The van der Waals surface area contributed by atoms with Crippen LogP contribution in [0, 0.1) is 6.92 Å². The molecular weight excluding hydrogens is 338 g/mol. The lowest BCUT2D eigenvalue weighted by atomic mass is 10.00. The summed E-state index contributed by atoms with van der Waals surface area (Å²) in [6.45, 7) is 4.92. The number of hydrogen-bond acceptors (Lipinski definition) is 5. The number of fused-ring (bicyclic) bond motifs is 1. The molecule has 7 heteroatoms. The van der Waals surface area contributed by atoms with Crippen molar-refractivity contribution in [1.29, 1.82) is 0 Å². The van der Waals surface area contributed by atoms with Crippen LogP contribution in [0.3, 0.4) is 0 Å². The van der Waals surface area contributed by atoms with Gasteiger partial charge in [-0.25, -0.2) is 0 Å². The topological polar surface area (TPSA) is 75.4 Å². The standard InChI is InChI=1S/C18H21N3O3S/c1-12-9-16(20-24-12)19-18(23)13(2)25-11-17(22)21-8-7-14-5-3-4-6-15(14)10-21/h3-6,9,13H,7-8,10-11H2,1-2H3,(H,19,20,23)/t13-/m0/s1. The van der Waals surface area contributed by atoms with Gasteiger partial charge in [-0.1, -0.05) is 29.4 Å². The average Bonchev–Trinajstić information content (AvgIpc) is 3.03. The van der Waals surface area contributed by atoms with Gasteiger partial charge in [0.05, 0.1) is 11.0 Å². The van der Waals surface area contributed by atoms with Gasteiger partial charge in [-0.15, -0.1) is 11.8 Å².